The lowest BCUT2D eigenvalue weighted by Gasteiger charge is -2.11. The van der Waals surface area contributed by atoms with Crippen LogP contribution < -0.4 is 16.6 Å². The molecule has 0 radical (unpaired) electrons. The number of rotatable bonds is 6. The molecule has 0 saturated carbocycles. The topological polar surface area (TPSA) is 67.2 Å². The van der Waals surface area contributed by atoms with Crippen LogP contribution in [0.3, 0.4) is 0 Å². The molecule has 0 bridgehead atoms. The summed E-state index contributed by atoms with van der Waals surface area (Å²) < 4.78 is 0. The summed E-state index contributed by atoms with van der Waals surface area (Å²) in [5.41, 5.74) is 12.2. The second kappa shape index (κ2) is 7.33. The number of urea groups is 1. The van der Waals surface area contributed by atoms with Gasteiger partial charge < -0.3 is 5.73 Å². The first kappa shape index (κ1) is 13.1. The Morgan fingerprint density at radius 2 is 2.00 bits per heavy atom. The molecule has 0 spiro atoms. The van der Waals surface area contributed by atoms with Crippen molar-refractivity contribution in [1.29, 1.82) is 0 Å². The first-order valence-corrected chi connectivity index (χ1v) is 5.81. The summed E-state index contributed by atoms with van der Waals surface area (Å²) in [4.78, 5) is 10.7. The molecule has 0 atom stereocenters. The molecule has 4 nitrogen and oxygen atoms in total. The summed E-state index contributed by atoms with van der Waals surface area (Å²) in [6.07, 6.45) is 5.29. The Bertz CT molecular complexity index is 374. The van der Waals surface area contributed by atoms with Crippen molar-refractivity contribution in [3.63, 3.8) is 0 Å². The van der Waals surface area contributed by atoms with E-state index in [0.717, 1.165) is 30.5 Å². The average molecular weight is 233 g/mol. The second-order valence-electron chi connectivity index (χ2n) is 3.74. The number of nitrogens with one attached hydrogen (secondary N) is 2. The largest absolute Gasteiger partial charge is 0.350 e. The Morgan fingerprint density at radius 1 is 1.29 bits per heavy atom. The number of primary amides is 1. The van der Waals surface area contributed by atoms with Crippen LogP contribution in [0, 0.1) is 0 Å². The third-order valence-corrected chi connectivity index (χ3v) is 2.31. The minimum absolute atomic E-state index is 0.595. The average Bonchev–Trinajstić information content (AvgIpc) is 2.34. The number of allylic oxidation sites excluding steroid dienone is 1. The van der Waals surface area contributed by atoms with Gasteiger partial charge in [-0.25, -0.2) is 4.79 Å². The summed E-state index contributed by atoms with van der Waals surface area (Å²) in [6.45, 7) is 2.14. The van der Waals surface area contributed by atoms with Crippen molar-refractivity contribution in [3.8, 4) is 0 Å². The molecule has 0 fully saturated rings. The molecule has 17 heavy (non-hydrogen) atoms. The molecule has 4 N–H and O–H groups in total. The van der Waals surface area contributed by atoms with Gasteiger partial charge in [-0.15, -0.1) is 0 Å². The van der Waals surface area contributed by atoms with E-state index < -0.39 is 6.03 Å². The minimum Gasteiger partial charge on any atom is -0.350 e. The summed E-state index contributed by atoms with van der Waals surface area (Å²) in [6, 6.07) is 9.22. The van der Waals surface area contributed by atoms with E-state index in [1.54, 1.807) is 0 Å². The number of carbonyl (C=O) groups excluding carboxylic acids is 1. The first-order valence-electron chi connectivity index (χ1n) is 5.81. The van der Waals surface area contributed by atoms with Crippen LogP contribution in [0.2, 0.25) is 0 Å². The van der Waals surface area contributed by atoms with Crippen molar-refractivity contribution in [3.05, 3.63) is 42.0 Å². The molecule has 92 valence electrons. The van der Waals surface area contributed by atoms with E-state index in [2.05, 4.69) is 23.9 Å². The van der Waals surface area contributed by atoms with Crippen molar-refractivity contribution in [1.82, 2.24) is 10.9 Å². The maximum atomic E-state index is 10.7. The van der Waals surface area contributed by atoms with E-state index in [9.17, 15) is 4.79 Å². The number of benzene rings is 1. The molecule has 0 aliphatic rings. The van der Waals surface area contributed by atoms with Gasteiger partial charge in [0, 0.05) is 0 Å². The standard InChI is InChI=1S/C13H19N3O/c1-2-3-5-10-12(15-16-13(14)17)11-8-6-4-7-9-11/h4,6-10,15H,2-3,5H2,1H3,(H3,14,16,17). The van der Waals surface area contributed by atoms with E-state index in [4.69, 9.17) is 5.73 Å². The Morgan fingerprint density at radius 3 is 2.59 bits per heavy atom. The van der Waals surface area contributed by atoms with E-state index in [-0.39, 0.29) is 0 Å². The number of amides is 2. The molecule has 0 aliphatic carbocycles. The fraction of sp³-hybridized carbons (Fsp3) is 0.308. The molecule has 4 heteroatoms. The highest BCUT2D eigenvalue weighted by atomic mass is 16.2. The third-order valence-electron chi connectivity index (χ3n) is 2.31. The number of unbranched alkanes of at least 4 members (excludes halogenated alkanes) is 2. The molecular weight excluding hydrogens is 214 g/mol. The molecule has 0 unspecified atom stereocenters. The van der Waals surface area contributed by atoms with Crippen LogP contribution in [0.4, 0.5) is 4.79 Å². The number of hydrazine groups is 1. The van der Waals surface area contributed by atoms with Crippen LogP contribution in [0.1, 0.15) is 31.7 Å². The maximum Gasteiger partial charge on any atom is 0.330 e. The van der Waals surface area contributed by atoms with Crippen molar-refractivity contribution in [2.24, 2.45) is 5.73 Å². The predicted octanol–water partition coefficient (Wildman–Crippen LogP) is 2.39. The normalized spacial score (nSPS) is 11.0. The van der Waals surface area contributed by atoms with Gasteiger partial charge >= 0.3 is 6.03 Å². The van der Waals surface area contributed by atoms with Gasteiger partial charge in [0.2, 0.25) is 0 Å². The lowest BCUT2D eigenvalue weighted by atomic mass is 10.1. The maximum absolute atomic E-state index is 10.7. The van der Waals surface area contributed by atoms with Gasteiger partial charge in [0.1, 0.15) is 0 Å². The van der Waals surface area contributed by atoms with Crippen molar-refractivity contribution >= 4 is 11.7 Å². The van der Waals surface area contributed by atoms with Gasteiger partial charge in [0.15, 0.2) is 0 Å². The summed E-state index contributed by atoms with van der Waals surface area (Å²) in [5, 5.41) is 0. The third kappa shape index (κ3) is 5.06. The van der Waals surface area contributed by atoms with Gasteiger partial charge in [-0.05, 0) is 18.4 Å². The minimum atomic E-state index is -0.595. The van der Waals surface area contributed by atoms with Crippen molar-refractivity contribution < 1.29 is 4.79 Å². The predicted molar refractivity (Wildman–Crippen MR) is 69.8 cm³/mol. The summed E-state index contributed by atoms with van der Waals surface area (Å²) in [5.74, 6) is 0. The van der Waals surface area contributed by atoms with Crippen LogP contribution >= 0.6 is 0 Å². The lowest BCUT2D eigenvalue weighted by molar-refractivity contribution is 0.247. The molecule has 1 rings (SSSR count). The highest BCUT2D eigenvalue weighted by molar-refractivity contribution is 5.73. The SMILES string of the molecule is CCCCC=C(NNC(N)=O)c1ccccc1. The zero-order valence-corrected chi connectivity index (χ0v) is 10.1. The van der Waals surface area contributed by atoms with Crippen LogP contribution in [0.25, 0.3) is 5.70 Å². The number of hydrogen-bond acceptors (Lipinski definition) is 2. The van der Waals surface area contributed by atoms with Crippen molar-refractivity contribution in [2.45, 2.75) is 26.2 Å². The first-order chi connectivity index (χ1) is 8.24. The van der Waals surface area contributed by atoms with Gasteiger partial charge in [-0.2, -0.15) is 0 Å². The summed E-state index contributed by atoms with van der Waals surface area (Å²) >= 11 is 0. The van der Waals surface area contributed by atoms with Gasteiger partial charge in [-0.3, -0.25) is 10.9 Å². The highest BCUT2D eigenvalue weighted by Gasteiger charge is 2.00. The Hall–Kier alpha value is -1.97. The molecule has 0 saturated heterocycles. The Balaban J connectivity index is 2.71. The smallest absolute Gasteiger partial charge is 0.330 e. The quantitative estimate of drug-likeness (QED) is 0.521. The van der Waals surface area contributed by atoms with Crippen molar-refractivity contribution in [2.75, 3.05) is 0 Å². The van der Waals surface area contributed by atoms with Crippen LogP contribution in [-0.2, 0) is 0 Å². The van der Waals surface area contributed by atoms with E-state index in [1.807, 2.05) is 30.3 Å². The van der Waals surface area contributed by atoms with E-state index in [1.165, 1.54) is 0 Å². The second-order valence-corrected chi connectivity index (χ2v) is 3.74. The fourth-order valence-electron chi connectivity index (χ4n) is 1.44. The molecule has 0 aromatic heterocycles. The van der Waals surface area contributed by atoms with Gasteiger partial charge in [0.05, 0.1) is 5.70 Å². The monoisotopic (exact) mass is 233 g/mol. The molecule has 0 heterocycles. The molecular formula is C13H19N3O. The van der Waals surface area contributed by atoms with E-state index >= 15 is 0 Å². The molecule has 1 aromatic carbocycles. The molecule has 2 amide bonds. The van der Waals surface area contributed by atoms with Gasteiger partial charge in [-0.1, -0.05) is 49.8 Å². The molecule has 0 aliphatic heterocycles. The number of nitrogens with two attached hydrogens (primary N) is 1. The van der Waals surface area contributed by atoms with Crippen LogP contribution in [0.5, 0.6) is 0 Å². The lowest BCUT2D eigenvalue weighted by Crippen LogP contribution is -2.39. The molecule has 1 aromatic rings. The Kier molecular flexibility index (Phi) is 5.64. The Labute approximate surface area is 102 Å². The number of hydrogen-bond donors (Lipinski definition) is 3. The fourth-order valence-corrected chi connectivity index (χ4v) is 1.44. The summed E-state index contributed by atoms with van der Waals surface area (Å²) in [7, 11) is 0. The highest BCUT2D eigenvalue weighted by Crippen LogP contribution is 2.12. The zero-order valence-electron chi connectivity index (χ0n) is 10.1. The number of carbonyl (C=O) groups is 1. The van der Waals surface area contributed by atoms with Gasteiger partial charge in [0.25, 0.3) is 0 Å². The van der Waals surface area contributed by atoms with Crippen LogP contribution in [-0.4, -0.2) is 6.03 Å². The van der Waals surface area contributed by atoms with Crippen LogP contribution in [0.15, 0.2) is 36.4 Å². The van der Waals surface area contributed by atoms with E-state index in [0.29, 0.717) is 0 Å². The zero-order chi connectivity index (χ0) is 12.5.